The Hall–Kier alpha value is -3.16. The smallest absolute Gasteiger partial charge is 0.287 e. The number of pyridine rings is 1. The number of benzene rings is 1. The first-order valence-corrected chi connectivity index (χ1v) is 7.63. The summed E-state index contributed by atoms with van der Waals surface area (Å²) >= 11 is 0. The standard InChI is InChI=1S/C17H20N4O4/c1-12-7-14(21(23)24)10-19-17(12)18-9-13-5-4-6-15(8-13)25-11-16(22)20(2)3/h4-8,10H,9,11H2,1-3H3,(H,18,19). The normalized spacial score (nSPS) is 10.2. The molecule has 0 aliphatic rings. The van der Waals surface area contributed by atoms with Gasteiger partial charge >= 0.3 is 0 Å². The van der Waals surface area contributed by atoms with Crippen LogP contribution in [0.3, 0.4) is 0 Å². The first-order chi connectivity index (χ1) is 11.9. The predicted molar refractivity (Wildman–Crippen MR) is 93.6 cm³/mol. The van der Waals surface area contributed by atoms with Gasteiger partial charge in [0.1, 0.15) is 17.8 Å². The number of carbonyl (C=O) groups excluding carboxylic acids is 1. The fraction of sp³-hybridized carbons (Fsp3) is 0.294. The third-order valence-electron chi connectivity index (χ3n) is 3.49. The molecule has 1 aromatic carbocycles. The number of carbonyl (C=O) groups is 1. The van der Waals surface area contributed by atoms with Gasteiger partial charge in [-0.2, -0.15) is 0 Å². The zero-order chi connectivity index (χ0) is 18.4. The minimum absolute atomic E-state index is 0.0209. The van der Waals surface area contributed by atoms with Crippen LogP contribution >= 0.6 is 0 Å². The maximum atomic E-state index is 11.6. The second-order valence-corrected chi connectivity index (χ2v) is 5.69. The number of nitro groups is 1. The number of hydrogen-bond donors (Lipinski definition) is 1. The van der Waals surface area contributed by atoms with Gasteiger partial charge in [0.2, 0.25) is 0 Å². The topological polar surface area (TPSA) is 97.6 Å². The Bertz CT molecular complexity index is 777. The average Bonchev–Trinajstić information content (AvgIpc) is 2.58. The number of rotatable bonds is 7. The fourth-order valence-electron chi connectivity index (χ4n) is 2.05. The summed E-state index contributed by atoms with van der Waals surface area (Å²) in [5.41, 5.74) is 1.59. The number of nitrogens with zero attached hydrogens (tertiary/aromatic N) is 3. The first kappa shape index (κ1) is 18.2. The largest absolute Gasteiger partial charge is 0.484 e. The second kappa shape index (κ2) is 8.09. The van der Waals surface area contributed by atoms with Crippen molar-refractivity contribution < 1.29 is 14.5 Å². The van der Waals surface area contributed by atoms with Gasteiger partial charge in [0, 0.05) is 26.7 Å². The molecule has 0 saturated carbocycles. The predicted octanol–water partition coefficient (Wildman–Crippen LogP) is 2.38. The van der Waals surface area contributed by atoms with Crippen LogP contribution in [0.4, 0.5) is 11.5 Å². The molecule has 0 aliphatic heterocycles. The lowest BCUT2D eigenvalue weighted by Gasteiger charge is -2.12. The molecule has 0 saturated heterocycles. The molecule has 2 rings (SSSR count). The molecule has 8 heteroatoms. The third kappa shape index (κ3) is 5.17. The van der Waals surface area contributed by atoms with Crippen molar-refractivity contribution in [2.24, 2.45) is 0 Å². The number of anilines is 1. The minimum Gasteiger partial charge on any atom is -0.484 e. The average molecular weight is 344 g/mol. The summed E-state index contributed by atoms with van der Waals surface area (Å²) in [6.45, 7) is 2.21. The Balaban J connectivity index is 1.98. The Kier molecular flexibility index (Phi) is 5.89. The van der Waals surface area contributed by atoms with E-state index in [9.17, 15) is 14.9 Å². The van der Waals surface area contributed by atoms with Crippen LogP contribution in [0, 0.1) is 17.0 Å². The van der Waals surface area contributed by atoms with Crippen molar-refractivity contribution in [3.8, 4) is 5.75 Å². The molecule has 132 valence electrons. The first-order valence-electron chi connectivity index (χ1n) is 7.63. The highest BCUT2D eigenvalue weighted by atomic mass is 16.6. The van der Waals surface area contributed by atoms with Crippen LogP contribution < -0.4 is 10.1 Å². The number of amides is 1. The van der Waals surface area contributed by atoms with Crippen LogP contribution in [0.5, 0.6) is 5.75 Å². The zero-order valence-corrected chi connectivity index (χ0v) is 14.4. The number of aryl methyl sites for hydroxylation is 1. The van der Waals surface area contributed by atoms with E-state index in [0.717, 1.165) is 5.56 Å². The van der Waals surface area contributed by atoms with E-state index in [1.54, 1.807) is 27.1 Å². The molecule has 0 unspecified atom stereocenters. The van der Waals surface area contributed by atoms with Crippen molar-refractivity contribution >= 4 is 17.4 Å². The molecule has 25 heavy (non-hydrogen) atoms. The lowest BCUT2D eigenvalue weighted by molar-refractivity contribution is -0.385. The molecule has 8 nitrogen and oxygen atoms in total. The van der Waals surface area contributed by atoms with E-state index in [-0.39, 0.29) is 18.2 Å². The van der Waals surface area contributed by atoms with Gasteiger partial charge in [0.25, 0.3) is 11.6 Å². The Labute approximate surface area is 145 Å². The quantitative estimate of drug-likeness (QED) is 0.612. The van der Waals surface area contributed by atoms with Gasteiger partial charge in [-0.15, -0.1) is 0 Å². The van der Waals surface area contributed by atoms with Crippen LogP contribution in [-0.4, -0.2) is 41.4 Å². The molecule has 0 atom stereocenters. The molecule has 0 spiro atoms. The third-order valence-corrected chi connectivity index (χ3v) is 3.49. The Morgan fingerprint density at radius 3 is 2.76 bits per heavy atom. The van der Waals surface area contributed by atoms with Gasteiger partial charge in [0.05, 0.1) is 4.92 Å². The van der Waals surface area contributed by atoms with Gasteiger partial charge in [-0.3, -0.25) is 14.9 Å². The number of hydrogen-bond acceptors (Lipinski definition) is 6. The summed E-state index contributed by atoms with van der Waals surface area (Å²) in [6.07, 6.45) is 1.22. The van der Waals surface area contributed by atoms with Crippen molar-refractivity contribution in [1.29, 1.82) is 0 Å². The monoisotopic (exact) mass is 344 g/mol. The fourth-order valence-corrected chi connectivity index (χ4v) is 2.05. The van der Waals surface area contributed by atoms with Gasteiger partial charge in [-0.25, -0.2) is 4.98 Å². The van der Waals surface area contributed by atoms with E-state index >= 15 is 0 Å². The summed E-state index contributed by atoms with van der Waals surface area (Å²) in [4.78, 5) is 27.4. The van der Waals surface area contributed by atoms with Crippen molar-refractivity contribution in [2.45, 2.75) is 13.5 Å². The summed E-state index contributed by atoms with van der Waals surface area (Å²) < 4.78 is 5.48. The molecule has 0 radical (unpaired) electrons. The van der Waals surface area contributed by atoms with Crippen molar-refractivity contribution in [3.63, 3.8) is 0 Å². The SMILES string of the molecule is Cc1cc([N+](=O)[O-])cnc1NCc1cccc(OCC(=O)N(C)C)c1. The molecule has 1 amide bonds. The Morgan fingerprint density at radius 1 is 1.36 bits per heavy atom. The molecular formula is C17H20N4O4. The van der Waals surface area contributed by atoms with Crippen LogP contribution in [0.1, 0.15) is 11.1 Å². The molecular weight excluding hydrogens is 324 g/mol. The summed E-state index contributed by atoms with van der Waals surface area (Å²) in [7, 11) is 3.34. The number of likely N-dealkylation sites (N-methyl/N-ethyl adjacent to an activating group) is 1. The van der Waals surface area contributed by atoms with E-state index in [2.05, 4.69) is 10.3 Å². The van der Waals surface area contributed by atoms with E-state index in [1.165, 1.54) is 17.2 Å². The summed E-state index contributed by atoms with van der Waals surface area (Å²) in [5, 5.41) is 13.9. The van der Waals surface area contributed by atoms with Crippen LogP contribution in [-0.2, 0) is 11.3 Å². The zero-order valence-electron chi connectivity index (χ0n) is 14.4. The number of aromatic nitrogens is 1. The van der Waals surface area contributed by atoms with Gasteiger partial charge < -0.3 is 15.0 Å². The molecule has 0 aliphatic carbocycles. The second-order valence-electron chi connectivity index (χ2n) is 5.69. The summed E-state index contributed by atoms with van der Waals surface area (Å²) in [6, 6.07) is 8.83. The van der Waals surface area contributed by atoms with Gasteiger partial charge in [-0.1, -0.05) is 12.1 Å². The lowest BCUT2D eigenvalue weighted by Crippen LogP contribution is -2.27. The van der Waals surface area contributed by atoms with E-state index in [4.69, 9.17) is 4.74 Å². The Morgan fingerprint density at radius 2 is 2.12 bits per heavy atom. The maximum absolute atomic E-state index is 11.6. The molecule has 1 aromatic heterocycles. The highest BCUT2D eigenvalue weighted by Gasteiger charge is 2.09. The number of ether oxygens (including phenoxy) is 1. The summed E-state index contributed by atoms with van der Waals surface area (Å²) in [5.74, 6) is 1.07. The maximum Gasteiger partial charge on any atom is 0.287 e. The van der Waals surface area contributed by atoms with Crippen molar-refractivity contribution in [3.05, 3.63) is 57.8 Å². The van der Waals surface area contributed by atoms with Crippen molar-refractivity contribution in [2.75, 3.05) is 26.0 Å². The molecule has 1 N–H and O–H groups in total. The van der Waals surface area contributed by atoms with E-state index in [0.29, 0.717) is 23.7 Å². The van der Waals surface area contributed by atoms with Gasteiger partial charge in [0.15, 0.2) is 6.61 Å². The molecule has 0 fully saturated rings. The number of nitrogens with one attached hydrogen (secondary N) is 1. The minimum atomic E-state index is -0.473. The van der Waals surface area contributed by atoms with Crippen LogP contribution in [0.15, 0.2) is 36.5 Å². The lowest BCUT2D eigenvalue weighted by atomic mass is 10.2. The molecule has 1 heterocycles. The molecule has 0 bridgehead atoms. The van der Waals surface area contributed by atoms with Crippen LogP contribution in [0.25, 0.3) is 0 Å². The van der Waals surface area contributed by atoms with E-state index in [1.807, 2.05) is 18.2 Å². The van der Waals surface area contributed by atoms with Crippen molar-refractivity contribution in [1.82, 2.24) is 9.88 Å². The van der Waals surface area contributed by atoms with Crippen LogP contribution in [0.2, 0.25) is 0 Å². The highest BCUT2D eigenvalue weighted by Crippen LogP contribution is 2.19. The molecule has 2 aromatic rings. The highest BCUT2D eigenvalue weighted by molar-refractivity contribution is 5.77. The van der Waals surface area contributed by atoms with Gasteiger partial charge in [-0.05, 0) is 30.2 Å². The van der Waals surface area contributed by atoms with E-state index < -0.39 is 4.92 Å².